The third-order valence-electron chi connectivity index (χ3n) is 5.43. The van der Waals surface area contributed by atoms with Gasteiger partial charge in [-0.15, -0.1) is 0 Å². The normalized spacial score (nSPS) is 24.0. The smallest absolute Gasteiger partial charge is 0.228 e. The van der Waals surface area contributed by atoms with Crippen molar-refractivity contribution in [1.82, 2.24) is 9.80 Å². The van der Waals surface area contributed by atoms with Gasteiger partial charge in [0.05, 0.1) is 5.92 Å². The van der Waals surface area contributed by atoms with E-state index >= 15 is 0 Å². The molecule has 1 saturated heterocycles. The SMILES string of the molecule is CCCCN(C(=O)C1CC(=O)N(C2CCCC2)C1)C(C)CC. The molecule has 0 aromatic carbocycles. The lowest BCUT2D eigenvalue weighted by molar-refractivity contribution is -0.138. The molecule has 0 aromatic rings. The monoisotopic (exact) mass is 308 g/mol. The number of carbonyl (C=O) groups is 2. The van der Waals surface area contributed by atoms with E-state index < -0.39 is 0 Å². The zero-order valence-electron chi connectivity index (χ0n) is 14.5. The number of rotatable bonds is 7. The first kappa shape index (κ1) is 17.3. The summed E-state index contributed by atoms with van der Waals surface area (Å²) < 4.78 is 0. The second-order valence-electron chi connectivity index (χ2n) is 7.03. The van der Waals surface area contributed by atoms with Gasteiger partial charge < -0.3 is 9.80 Å². The maximum atomic E-state index is 12.9. The van der Waals surface area contributed by atoms with Crippen LogP contribution in [0.3, 0.4) is 0 Å². The summed E-state index contributed by atoms with van der Waals surface area (Å²) in [4.78, 5) is 29.2. The molecule has 126 valence electrons. The van der Waals surface area contributed by atoms with E-state index in [4.69, 9.17) is 0 Å². The number of nitrogens with zero attached hydrogens (tertiary/aromatic N) is 2. The Morgan fingerprint density at radius 2 is 2.00 bits per heavy atom. The van der Waals surface area contributed by atoms with Crippen molar-refractivity contribution in [3.05, 3.63) is 0 Å². The molecule has 2 unspecified atom stereocenters. The molecule has 1 heterocycles. The maximum absolute atomic E-state index is 12.9. The van der Waals surface area contributed by atoms with Crippen LogP contribution in [0.25, 0.3) is 0 Å². The fraction of sp³-hybridized carbons (Fsp3) is 0.889. The van der Waals surface area contributed by atoms with Crippen LogP contribution in [0, 0.1) is 5.92 Å². The van der Waals surface area contributed by atoms with E-state index in [1.54, 1.807) is 0 Å². The van der Waals surface area contributed by atoms with Gasteiger partial charge in [0.15, 0.2) is 0 Å². The van der Waals surface area contributed by atoms with E-state index in [0.29, 0.717) is 19.0 Å². The standard InChI is InChI=1S/C18H32N2O2/c1-4-6-11-19(14(3)5-2)18(22)15-12-17(21)20(13-15)16-9-7-8-10-16/h14-16H,4-13H2,1-3H3. The Balaban J connectivity index is 1.99. The van der Waals surface area contributed by atoms with E-state index in [2.05, 4.69) is 20.8 Å². The summed E-state index contributed by atoms with van der Waals surface area (Å²) in [5.74, 6) is 0.292. The Labute approximate surface area is 135 Å². The lowest BCUT2D eigenvalue weighted by Gasteiger charge is -2.31. The van der Waals surface area contributed by atoms with Crippen LogP contribution in [0.2, 0.25) is 0 Å². The average Bonchev–Trinajstić information content (AvgIpc) is 3.16. The molecule has 22 heavy (non-hydrogen) atoms. The van der Waals surface area contributed by atoms with Gasteiger partial charge in [0, 0.05) is 31.6 Å². The lowest BCUT2D eigenvalue weighted by Crippen LogP contribution is -2.43. The van der Waals surface area contributed by atoms with Gasteiger partial charge in [0.2, 0.25) is 11.8 Å². The van der Waals surface area contributed by atoms with Crippen LogP contribution in [0.15, 0.2) is 0 Å². The van der Waals surface area contributed by atoms with Gasteiger partial charge in [-0.1, -0.05) is 33.1 Å². The Kier molecular flexibility index (Phi) is 6.27. The molecule has 4 heteroatoms. The van der Waals surface area contributed by atoms with E-state index in [9.17, 15) is 9.59 Å². The van der Waals surface area contributed by atoms with E-state index in [-0.39, 0.29) is 23.8 Å². The van der Waals surface area contributed by atoms with Crippen LogP contribution in [0.4, 0.5) is 0 Å². The molecule has 1 saturated carbocycles. The van der Waals surface area contributed by atoms with Gasteiger partial charge in [0.25, 0.3) is 0 Å². The largest absolute Gasteiger partial charge is 0.340 e. The minimum absolute atomic E-state index is 0.112. The number of unbranched alkanes of at least 4 members (excludes halogenated alkanes) is 1. The minimum atomic E-state index is -0.112. The molecule has 4 nitrogen and oxygen atoms in total. The molecule has 2 fully saturated rings. The maximum Gasteiger partial charge on any atom is 0.228 e. The van der Waals surface area contributed by atoms with Crippen molar-refractivity contribution < 1.29 is 9.59 Å². The van der Waals surface area contributed by atoms with Crippen molar-refractivity contribution in [2.24, 2.45) is 5.92 Å². The Morgan fingerprint density at radius 3 is 2.59 bits per heavy atom. The molecule has 2 amide bonds. The highest BCUT2D eigenvalue weighted by Crippen LogP contribution is 2.30. The molecular formula is C18H32N2O2. The summed E-state index contributed by atoms with van der Waals surface area (Å²) >= 11 is 0. The fourth-order valence-corrected chi connectivity index (χ4v) is 3.80. The van der Waals surface area contributed by atoms with Gasteiger partial charge in [0.1, 0.15) is 0 Å². The molecule has 2 atom stereocenters. The number of hydrogen-bond donors (Lipinski definition) is 0. The van der Waals surface area contributed by atoms with Crippen molar-refractivity contribution in [2.45, 2.75) is 84.2 Å². The van der Waals surface area contributed by atoms with E-state index in [1.807, 2.05) is 9.80 Å². The first-order valence-corrected chi connectivity index (χ1v) is 9.18. The third-order valence-corrected chi connectivity index (χ3v) is 5.43. The van der Waals surface area contributed by atoms with Gasteiger partial charge >= 0.3 is 0 Å². The van der Waals surface area contributed by atoms with Gasteiger partial charge in [-0.25, -0.2) is 0 Å². The van der Waals surface area contributed by atoms with Crippen molar-refractivity contribution in [2.75, 3.05) is 13.1 Å². The first-order chi connectivity index (χ1) is 10.6. The quantitative estimate of drug-likeness (QED) is 0.724. The number of amides is 2. The van der Waals surface area contributed by atoms with Crippen molar-refractivity contribution >= 4 is 11.8 Å². The molecule has 0 radical (unpaired) electrons. The highest BCUT2D eigenvalue weighted by Gasteiger charge is 2.40. The Hall–Kier alpha value is -1.06. The van der Waals surface area contributed by atoms with Crippen LogP contribution in [0.5, 0.6) is 0 Å². The molecular weight excluding hydrogens is 276 g/mol. The van der Waals surface area contributed by atoms with Crippen LogP contribution < -0.4 is 0 Å². The molecule has 0 aromatic heterocycles. The Bertz CT molecular complexity index is 391. The predicted molar refractivity (Wildman–Crippen MR) is 88.5 cm³/mol. The highest BCUT2D eigenvalue weighted by molar-refractivity contribution is 5.89. The van der Waals surface area contributed by atoms with Crippen LogP contribution in [-0.2, 0) is 9.59 Å². The zero-order valence-corrected chi connectivity index (χ0v) is 14.5. The number of carbonyl (C=O) groups excluding carboxylic acids is 2. The third kappa shape index (κ3) is 3.82. The summed E-state index contributed by atoms with van der Waals surface area (Å²) in [6.45, 7) is 7.89. The first-order valence-electron chi connectivity index (χ1n) is 9.18. The number of likely N-dealkylation sites (tertiary alicyclic amines) is 1. The molecule has 1 aliphatic heterocycles. The molecule has 1 aliphatic carbocycles. The average molecular weight is 308 g/mol. The highest BCUT2D eigenvalue weighted by atomic mass is 16.2. The Morgan fingerprint density at radius 1 is 1.32 bits per heavy atom. The van der Waals surface area contributed by atoms with E-state index in [1.165, 1.54) is 12.8 Å². The molecule has 0 spiro atoms. The predicted octanol–water partition coefficient (Wildman–Crippen LogP) is 3.20. The zero-order chi connectivity index (χ0) is 16.1. The fourth-order valence-electron chi connectivity index (χ4n) is 3.80. The molecule has 0 bridgehead atoms. The summed E-state index contributed by atoms with van der Waals surface area (Å²) in [5.41, 5.74) is 0. The van der Waals surface area contributed by atoms with Crippen molar-refractivity contribution in [3.8, 4) is 0 Å². The van der Waals surface area contributed by atoms with Crippen LogP contribution in [-0.4, -0.2) is 46.8 Å². The van der Waals surface area contributed by atoms with E-state index in [0.717, 1.165) is 38.6 Å². The molecule has 2 aliphatic rings. The summed E-state index contributed by atoms with van der Waals surface area (Å²) in [6.07, 6.45) is 8.23. The summed E-state index contributed by atoms with van der Waals surface area (Å²) in [6, 6.07) is 0.674. The summed E-state index contributed by atoms with van der Waals surface area (Å²) in [7, 11) is 0. The van der Waals surface area contributed by atoms with Gasteiger partial charge in [-0.05, 0) is 32.6 Å². The second kappa shape index (κ2) is 7.98. The number of hydrogen-bond acceptors (Lipinski definition) is 2. The van der Waals surface area contributed by atoms with Gasteiger partial charge in [-0.2, -0.15) is 0 Å². The molecule has 0 N–H and O–H groups in total. The summed E-state index contributed by atoms with van der Waals surface area (Å²) in [5, 5.41) is 0. The van der Waals surface area contributed by atoms with Crippen molar-refractivity contribution in [3.63, 3.8) is 0 Å². The van der Waals surface area contributed by atoms with Crippen LogP contribution in [0.1, 0.15) is 72.1 Å². The van der Waals surface area contributed by atoms with Crippen molar-refractivity contribution in [1.29, 1.82) is 0 Å². The van der Waals surface area contributed by atoms with Crippen LogP contribution >= 0.6 is 0 Å². The second-order valence-corrected chi connectivity index (χ2v) is 7.03. The molecule has 2 rings (SSSR count). The lowest BCUT2D eigenvalue weighted by atomic mass is 10.0. The van der Waals surface area contributed by atoms with Gasteiger partial charge in [-0.3, -0.25) is 9.59 Å². The topological polar surface area (TPSA) is 40.6 Å². The minimum Gasteiger partial charge on any atom is -0.340 e.